The molecule has 0 radical (unpaired) electrons. The van der Waals surface area contributed by atoms with Crippen LogP contribution in [0.5, 0.6) is 0 Å². The van der Waals surface area contributed by atoms with E-state index >= 15 is 0 Å². The minimum absolute atomic E-state index is 0.0279. The Kier molecular flexibility index (Phi) is 40.8. The van der Waals surface area contributed by atoms with Crippen molar-refractivity contribution in [2.24, 2.45) is 0 Å². The highest BCUT2D eigenvalue weighted by Crippen LogP contribution is 2.43. The molecule has 0 aromatic heterocycles. The molecule has 0 spiro atoms. The highest BCUT2D eigenvalue weighted by atomic mass is 31.2. The molecule has 0 fully saturated rings. The van der Waals surface area contributed by atoms with Crippen molar-refractivity contribution in [3.05, 3.63) is 24.3 Å². The normalized spacial score (nSPS) is 13.7. The number of hydrogen-bond donors (Lipinski definition) is 1. The summed E-state index contributed by atoms with van der Waals surface area (Å²) in [5, 5.41) is 0. The Bertz CT molecular complexity index is 1060. The summed E-state index contributed by atoms with van der Waals surface area (Å²) in [6.45, 7) is 4.41. The zero-order chi connectivity index (χ0) is 43.6. The van der Waals surface area contributed by atoms with E-state index in [-0.39, 0.29) is 26.1 Å². The Morgan fingerprint density at radius 1 is 0.525 bits per heavy atom. The van der Waals surface area contributed by atoms with E-state index in [1.165, 1.54) is 154 Å². The molecule has 2 atom stereocenters. The Balaban J connectivity index is 4.32. The average molecular weight is 857 g/mol. The summed E-state index contributed by atoms with van der Waals surface area (Å²) in [6.07, 6.45) is 46.6. The molecule has 0 saturated carbocycles. The van der Waals surface area contributed by atoms with Gasteiger partial charge >= 0.3 is 19.8 Å². The summed E-state index contributed by atoms with van der Waals surface area (Å²) in [5.41, 5.74) is 0. The molecule has 0 aromatic carbocycles. The van der Waals surface area contributed by atoms with E-state index in [1.807, 2.05) is 21.1 Å². The third-order valence-corrected chi connectivity index (χ3v) is 11.7. The molecule has 0 bridgehead atoms. The monoisotopic (exact) mass is 857 g/mol. The molecule has 1 unspecified atom stereocenters. The predicted octanol–water partition coefficient (Wildman–Crippen LogP) is 14.3. The number of ether oxygens (including phenoxy) is 2. The fourth-order valence-electron chi connectivity index (χ4n) is 6.88. The highest BCUT2D eigenvalue weighted by molar-refractivity contribution is 7.47. The van der Waals surface area contributed by atoms with Gasteiger partial charge in [0.2, 0.25) is 0 Å². The summed E-state index contributed by atoms with van der Waals surface area (Å²) >= 11 is 0. The Morgan fingerprint density at radius 2 is 0.932 bits per heavy atom. The number of nitrogens with zero attached hydrogens (tertiary/aromatic N) is 1. The van der Waals surface area contributed by atoms with E-state index in [2.05, 4.69) is 38.2 Å². The Morgan fingerprint density at radius 3 is 1.39 bits per heavy atom. The lowest BCUT2D eigenvalue weighted by Crippen LogP contribution is -2.37. The van der Waals surface area contributed by atoms with Crippen LogP contribution in [-0.2, 0) is 32.7 Å². The van der Waals surface area contributed by atoms with Gasteiger partial charge in [-0.2, -0.15) is 0 Å². The minimum Gasteiger partial charge on any atom is -0.462 e. The van der Waals surface area contributed by atoms with Crippen LogP contribution in [-0.4, -0.2) is 74.9 Å². The average Bonchev–Trinajstić information content (AvgIpc) is 3.19. The number of likely N-dealkylation sites (N-methyl/N-ethyl adjacent to an activating group) is 1. The van der Waals surface area contributed by atoms with Crippen LogP contribution in [0.4, 0.5) is 0 Å². The predicted molar refractivity (Wildman–Crippen MR) is 247 cm³/mol. The molecule has 1 N–H and O–H groups in total. The number of phosphoric ester groups is 1. The molecule has 0 heterocycles. The van der Waals surface area contributed by atoms with Crippen molar-refractivity contribution in [3.63, 3.8) is 0 Å². The zero-order valence-electron chi connectivity index (χ0n) is 39.2. The first kappa shape index (κ1) is 57.5. The molecule has 0 aliphatic rings. The summed E-state index contributed by atoms with van der Waals surface area (Å²) < 4.78 is 34.4. The van der Waals surface area contributed by atoms with Gasteiger partial charge in [-0.15, -0.1) is 0 Å². The minimum atomic E-state index is -4.38. The van der Waals surface area contributed by atoms with Gasteiger partial charge in [0, 0.05) is 12.8 Å². The number of allylic oxidation sites excluding steroid dienone is 4. The summed E-state index contributed by atoms with van der Waals surface area (Å²) in [5.74, 6) is -0.840. The van der Waals surface area contributed by atoms with Gasteiger partial charge in [0.25, 0.3) is 0 Å². The van der Waals surface area contributed by atoms with Crippen LogP contribution >= 0.6 is 7.82 Å². The molecule has 9 nitrogen and oxygen atoms in total. The highest BCUT2D eigenvalue weighted by Gasteiger charge is 2.27. The molecule has 59 heavy (non-hydrogen) atoms. The molecule has 0 aromatic rings. The third-order valence-electron chi connectivity index (χ3n) is 10.7. The molecular formula is C49H95NO8P+. The number of carbonyl (C=O) groups excluding carboxylic acids is 2. The number of esters is 2. The van der Waals surface area contributed by atoms with Crippen molar-refractivity contribution in [2.45, 2.75) is 232 Å². The van der Waals surface area contributed by atoms with Crippen molar-refractivity contribution >= 4 is 19.8 Å². The van der Waals surface area contributed by atoms with Crippen LogP contribution in [0.2, 0.25) is 0 Å². The fraction of sp³-hybridized carbons (Fsp3) is 0.878. The number of unbranched alkanes of at least 4 members (excludes halogenated alkanes) is 27. The molecule has 0 rings (SSSR count). The van der Waals surface area contributed by atoms with Gasteiger partial charge in [0.15, 0.2) is 6.10 Å². The smallest absolute Gasteiger partial charge is 0.462 e. The lowest BCUT2D eigenvalue weighted by atomic mass is 10.0. The van der Waals surface area contributed by atoms with E-state index in [0.717, 1.165) is 32.1 Å². The summed E-state index contributed by atoms with van der Waals surface area (Å²) in [7, 11) is 1.47. The van der Waals surface area contributed by atoms with Crippen LogP contribution in [0.25, 0.3) is 0 Å². The lowest BCUT2D eigenvalue weighted by Gasteiger charge is -2.24. The largest absolute Gasteiger partial charge is 0.472 e. The lowest BCUT2D eigenvalue weighted by molar-refractivity contribution is -0.870. The third kappa shape index (κ3) is 45.8. The van der Waals surface area contributed by atoms with Crippen LogP contribution in [0, 0.1) is 0 Å². The van der Waals surface area contributed by atoms with Crippen molar-refractivity contribution < 1.29 is 42.1 Å². The van der Waals surface area contributed by atoms with E-state index in [4.69, 9.17) is 18.5 Å². The molecule has 0 aliphatic carbocycles. The van der Waals surface area contributed by atoms with Gasteiger partial charge in [-0.1, -0.05) is 199 Å². The first-order valence-electron chi connectivity index (χ1n) is 24.6. The SMILES string of the molecule is CCCCCCCCCCC/C=C/C/C=C/CCCC(=O)OC[C@H](COP(=O)(O)OCC[N+](C)(C)C)OC(=O)CCCCCCCCCCCCCCCCCCCC. The topological polar surface area (TPSA) is 108 Å². The second-order valence-corrected chi connectivity index (χ2v) is 19.3. The van der Waals surface area contributed by atoms with Gasteiger partial charge in [-0.25, -0.2) is 4.57 Å². The molecule has 0 aliphatic heterocycles. The van der Waals surface area contributed by atoms with Crippen LogP contribution < -0.4 is 0 Å². The summed E-state index contributed by atoms with van der Waals surface area (Å²) in [4.78, 5) is 35.4. The molecular weight excluding hydrogens is 762 g/mol. The molecule has 10 heteroatoms. The van der Waals surface area contributed by atoms with Gasteiger partial charge in [0.1, 0.15) is 19.8 Å². The fourth-order valence-corrected chi connectivity index (χ4v) is 7.62. The second kappa shape index (κ2) is 41.8. The van der Waals surface area contributed by atoms with E-state index in [9.17, 15) is 19.0 Å². The number of rotatable bonds is 45. The first-order chi connectivity index (χ1) is 28.5. The van der Waals surface area contributed by atoms with Crippen molar-refractivity contribution in [1.29, 1.82) is 0 Å². The number of quaternary nitrogens is 1. The Labute approximate surface area is 364 Å². The van der Waals surface area contributed by atoms with Gasteiger partial charge in [0.05, 0.1) is 27.7 Å². The molecule has 0 saturated heterocycles. The quantitative estimate of drug-likeness (QED) is 0.0212. The van der Waals surface area contributed by atoms with E-state index < -0.39 is 32.5 Å². The number of hydrogen-bond acceptors (Lipinski definition) is 7. The van der Waals surface area contributed by atoms with Crippen LogP contribution in [0.1, 0.15) is 226 Å². The van der Waals surface area contributed by atoms with Crippen molar-refractivity contribution in [2.75, 3.05) is 47.5 Å². The molecule has 0 amide bonds. The number of carbonyl (C=O) groups is 2. The standard InChI is InChI=1S/C49H94NO8P/c1-6-8-10-12-14-16-18-20-22-24-26-28-30-32-34-36-38-40-42-49(52)58-47(46-57-59(53,54)56-44-43-50(3,4)5)45-55-48(51)41-39-37-35-33-31-29-27-25-23-21-19-17-15-13-11-9-7-2/h27,29,33,35,47H,6-26,28,30-32,34,36-46H2,1-5H3/p+1/b29-27+,35-33+/t47-/m1/s1. The summed E-state index contributed by atoms with van der Waals surface area (Å²) in [6, 6.07) is 0. The maximum atomic E-state index is 12.7. The van der Waals surface area contributed by atoms with Gasteiger partial charge in [-0.3, -0.25) is 18.6 Å². The van der Waals surface area contributed by atoms with Crippen molar-refractivity contribution in [3.8, 4) is 0 Å². The number of phosphoric acid groups is 1. The first-order valence-corrected chi connectivity index (χ1v) is 26.1. The Hall–Kier alpha value is -1.51. The van der Waals surface area contributed by atoms with Gasteiger partial charge < -0.3 is 18.9 Å². The maximum Gasteiger partial charge on any atom is 0.472 e. The zero-order valence-corrected chi connectivity index (χ0v) is 40.1. The second-order valence-electron chi connectivity index (χ2n) is 17.9. The molecule has 348 valence electrons. The van der Waals surface area contributed by atoms with Crippen LogP contribution in [0.3, 0.4) is 0 Å². The maximum absolute atomic E-state index is 12.7. The van der Waals surface area contributed by atoms with E-state index in [1.54, 1.807) is 0 Å². The van der Waals surface area contributed by atoms with Crippen molar-refractivity contribution in [1.82, 2.24) is 0 Å². The van der Waals surface area contributed by atoms with E-state index in [0.29, 0.717) is 23.9 Å². The van der Waals surface area contributed by atoms with Crippen LogP contribution in [0.15, 0.2) is 24.3 Å². The van der Waals surface area contributed by atoms with Gasteiger partial charge in [-0.05, 0) is 38.5 Å².